The van der Waals surface area contributed by atoms with E-state index in [0.717, 1.165) is 18.3 Å². The summed E-state index contributed by atoms with van der Waals surface area (Å²) in [7, 11) is 1.92. The number of nitrogens with one attached hydrogen (secondary N) is 1. The smallest absolute Gasteiger partial charge is 0.260 e. The van der Waals surface area contributed by atoms with Crippen LogP contribution in [0.15, 0.2) is 34.0 Å². The summed E-state index contributed by atoms with van der Waals surface area (Å²) in [5.41, 5.74) is 0.948. The van der Waals surface area contributed by atoms with E-state index >= 15 is 0 Å². The van der Waals surface area contributed by atoms with Crippen molar-refractivity contribution < 1.29 is 9.90 Å². The second kappa shape index (κ2) is 6.47. The van der Waals surface area contributed by atoms with E-state index in [4.69, 9.17) is 0 Å². The zero-order valence-corrected chi connectivity index (χ0v) is 13.4. The van der Waals surface area contributed by atoms with Gasteiger partial charge in [-0.15, -0.1) is 0 Å². The highest BCUT2D eigenvalue weighted by molar-refractivity contribution is 8.05. The van der Waals surface area contributed by atoms with Crippen molar-refractivity contribution in [3.8, 4) is 0 Å². The molecule has 8 heteroatoms. The molecule has 0 radical (unpaired) electrons. The van der Waals surface area contributed by atoms with Gasteiger partial charge in [-0.3, -0.25) is 4.79 Å². The van der Waals surface area contributed by atoms with Gasteiger partial charge in [0, 0.05) is 19.8 Å². The van der Waals surface area contributed by atoms with Crippen molar-refractivity contribution in [1.82, 2.24) is 15.3 Å². The van der Waals surface area contributed by atoms with E-state index in [0.29, 0.717) is 16.5 Å². The lowest BCUT2D eigenvalue weighted by atomic mass is 10.3. The summed E-state index contributed by atoms with van der Waals surface area (Å²) in [4.78, 5) is 22.7. The molecule has 0 aromatic carbocycles. The van der Waals surface area contributed by atoms with Gasteiger partial charge in [-0.2, -0.15) is 11.3 Å². The molecule has 1 amide bonds. The van der Waals surface area contributed by atoms with Crippen molar-refractivity contribution in [2.75, 3.05) is 11.9 Å². The Hall–Kier alpha value is -1.90. The third kappa shape index (κ3) is 3.46. The van der Waals surface area contributed by atoms with E-state index in [1.165, 1.54) is 5.56 Å². The maximum absolute atomic E-state index is 11.6. The topological polar surface area (TPSA) is 78.4 Å². The lowest BCUT2D eigenvalue weighted by Gasteiger charge is -2.16. The van der Waals surface area contributed by atoms with Crippen molar-refractivity contribution in [3.63, 3.8) is 0 Å². The Morgan fingerprint density at radius 1 is 1.50 bits per heavy atom. The predicted octanol–water partition coefficient (Wildman–Crippen LogP) is 1.65. The molecule has 1 atom stereocenters. The first-order chi connectivity index (χ1) is 10.6. The van der Waals surface area contributed by atoms with E-state index < -0.39 is 5.56 Å². The van der Waals surface area contributed by atoms with Gasteiger partial charge >= 0.3 is 0 Å². The predicted molar refractivity (Wildman–Crippen MR) is 88.2 cm³/mol. The van der Waals surface area contributed by atoms with Gasteiger partial charge in [0.05, 0.1) is 10.6 Å². The number of thioether (sulfide) groups is 1. The second-order valence-corrected chi connectivity index (χ2v) is 6.62. The summed E-state index contributed by atoms with van der Waals surface area (Å²) in [6, 6.07) is 3.79. The average Bonchev–Trinajstić information content (AvgIpc) is 3.09. The van der Waals surface area contributed by atoms with E-state index in [1.807, 2.05) is 17.3 Å². The third-order valence-electron chi connectivity index (χ3n) is 3.00. The molecule has 1 unspecified atom stereocenters. The number of amides is 1. The molecule has 1 aliphatic rings. The third-order valence-corrected chi connectivity index (χ3v) is 4.63. The fourth-order valence-corrected chi connectivity index (χ4v) is 3.39. The average molecular weight is 334 g/mol. The number of carbonyl (C=O) groups is 1. The van der Waals surface area contributed by atoms with Crippen molar-refractivity contribution in [3.05, 3.63) is 45.3 Å². The van der Waals surface area contributed by atoms with Crippen molar-refractivity contribution in [2.45, 2.75) is 12.1 Å². The van der Waals surface area contributed by atoms with Gasteiger partial charge in [-0.1, -0.05) is 11.8 Å². The molecule has 3 heterocycles. The lowest BCUT2D eigenvalue weighted by Crippen LogP contribution is -2.23. The Labute approximate surface area is 135 Å². The minimum absolute atomic E-state index is 0.288. The lowest BCUT2D eigenvalue weighted by molar-refractivity contribution is -0.117. The van der Waals surface area contributed by atoms with Crippen LogP contribution in [0, 0.1) is 0 Å². The van der Waals surface area contributed by atoms with Crippen LogP contribution < -0.4 is 10.2 Å². The minimum atomic E-state index is -0.888. The number of thiophene rings is 1. The molecule has 0 saturated carbocycles. The molecule has 2 aromatic rings. The molecule has 1 fully saturated rings. The van der Waals surface area contributed by atoms with Gasteiger partial charge < -0.3 is 15.3 Å². The fraction of sp³-hybridized carbons (Fsp3) is 0.214. The second-order valence-electron chi connectivity index (χ2n) is 4.72. The first-order valence-electron chi connectivity index (χ1n) is 6.54. The van der Waals surface area contributed by atoms with Crippen LogP contribution in [0.4, 0.5) is 5.95 Å². The van der Waals surface area contributed by atoms with Gasteiger partial charge in [-0.25, -0.2) is 9.97 Å². The van der Waals surface area contributed by atoms with Gasteiger partial charge in [0.25, 0.3) is 5.91 Å². The first-order valence-corrected chi connectivity index (χ1v) is 8.36. The SMILES string of the molecule is CN(Cc1ccsc1)c1nccc(/C=C2\SC(O)NC2=O)n1. The molecule has 1 saturated heterocycles. The van der Waals surface area contributed by atoms with E-state index in [2.05, 4.69) is 26.7 Å². The monoisotopic (exact) mass is 334 g/mol. The molecule has 6 nitrogen and oxygen atoms in total. The molecule has 2 N–H and O–H groups in total. The number of hydrogen-bond donors (Lipinski definition) is 2. The summed E-state index contributed by atoms with van der Waals surface area (Å²) in [6.45, 7) is 0.720. The van der Waals surface area contributed by atoms with Gasteiger partial charge in [0.1, 0.15) is 0 Å². The summed E-state index contributed by atoms with van der Waals surface area (Å²) in [5.74, 6) is 0.300. The van der Waals surface area contributed by atoms with Gasteiger partial charge in [0.2, 0.25) is 5.95 Å². The molecule has 22 heavy (non-hydrogen) atoms. The van der Waals surface area contributed by atoms with Crippen LogP contribution in [0.5, 0.6) is 0 Å². The largest absolute Gasteiger partial charge is 0.364 e. The quantitative estimate of drug-likeness (QED) is 0.828. The number of carbonyl (C=O) groups excluding carboxylic acids is 1. The van der Waals surface area contributed by atoms with Crippen LogP contribution in [-0.2, 0) is 11.3 Å². The number of anilines is 1. The van der Waals surface area contributed by atoms with Crippen molar-refractivity contribution in [2.24, 2.45) is 0 Å². The molecule has 1 aliphatic heterocycles. The highest BCUT2D eigenvalue weighted by atomic mass is 32.2. The van der Waals surface area contributed by atoms with Crippen molar-refractivity contribution >= 4 is 41.0 Å². The van der Waals surface area contributed by atoms with Crippen LogP contribution in [0.1, 0.15) is 11.3 Å². The zero-order valence-electron chi connectivity index (χ0n) is 11.8. The summed E-state index contributed by atoms with van der Waals surface area (Å²) in [6.07, 6.45) is 3.31. The fourth-order valence-electron chi connectivity index (χ4n) is 1.97. The molecular formula is C14H14N4O2S2. The molecule has 3 rings (SSSR count). The van der Waals surface area contributed by atoms with E-state index in [9.17, 15) is 9.90 Å². The van der Waals surface area contributed by atoms with Gasteiger partial charge in [0.15, 0.2) is 5.56 Å². The van der Waals surface area contributed by atoms with Crippen LogP contribution in [0.2, 0.25) is 0 Å². The minimum Gasteiger partial charge on any atom is -0.364 e. The summed E-state index contributed by atoms with van der Waals surface area (Å²) in [5, 5.41) is 15.9. The molecular weight excluding hydrogens is 320 g/mol. The highest BCUT2D eigenvalue weighted by Crippen LogP contribution is 2.27. The number of nitrogens with zero attached hydrogens (tertiary/aromatic N) is 3. The Balaban J connectivity index is 1.78. The standard InChI is InChI=1S/C14H14N4O2S2/c1-18(7-9-3-5-21-8-9)13-15-4-2-10(16-13)6-11-12(19)17-14(20)22-11/h2-6,8,14,20H,7H2,1H3,(H,17,19)/b11-6-. The Bertz CT molecular complexity index is 703. The molecule has 0 bridgehead atoms. The molecule has 2 aromatic heterocycles. The Morgan fingerprint density at radius 3 is 3.05 bits per heavy atom. The van der Waals surface area contributed by atoms with Crippen molar-refractivity contribution in [1.29, 1.82) is 0 Å². The molecule has 0 aliphatic carbocycles. The summed E-state index contributed by atoms with van der Waals surface area (Å²) >= 11 is 2.72. The summed E-state index contributed by atoms with van der Waals surface area (Å²) < 4.78 is 0. The van der Waals surface area contributed by atoms with E-state index in [1.54, 1.807) is 29.7 Å². The van der Waals surface area contributed by atoms with Crippen LogP contribution in [0.3, 0.4) is 0 Å². The number of aromatic nitrogens is 2. The number of aliphatic hydroxyl groups excluding tert-OH is 1. The zero-order chi connectivity index (χ0) is 15.5. The normalized spacial score (nSPS) is 19.5. The Kier molecular flexibility index (Phi) is 4.41. The maximum atomic E-state index is 11.6. The van der Waals surface area contributed by atoms with E-state index in [-0.39, 0.29) is 5.91 Å². The maximum Gasteiger partial charge on any atom is 0.260 e. The first kappa shape index (κ1) is 15.0. The highest BCUT2D eigenvalue weighted by Gasteiger charge is 2.25. The molecule has 114 valence electrons. The Morgan fingerprint density at radius 2 is 2.36 bits per heavy atom. The number of hydrogen-bond acceptors (Lipinski definition) is 7. The van der Waals surface area contributed by atoms with Crippen LogP contribution >= 0.6 is 23.1 Å². The molecule has 0 spiro atoms. The van der Waals surface area contributed by atoms with Gasteiger partial charge in [-0.05, 0) is 34.5 Å². The number of aliphatic hydroxyl groups is 1. The van der Waals surface area contributed by atoms with Crippen LogP contribution in [-0.4, -0.2) is 33.6 Å². The van der Waals surface area contributed by atoms with Crippen LogP contribution in [0.25, 0.3) is 6.08 Å². The number of rotatable bonds is 4.